The summed E-state index contributed by atoms with van der Waals surface area (Å²) in [5.74, 6) is 0.399. The quantitative estimate of drug-likeness (QED) is 0.701. The highest BCUT2D eigenvalue weighted by atomic mass is 16.4. The van der Waals surface area contributed by atoms with Crippen molar-refractivity contribution in [2.24, 2.45) is 0 Å². The summed E-state index contributed by atoms with van der Waals surface area (Å²) >= 11 is 0. The Morgan fingerprint density at radius 3 is 2.93 bits per heavy atom. The van der Waals surface area contributed by atoms with E-state index in [9.17, 15) is 9.90 Å². The topological polar surface area (TPSA) is 79.1 Å². The summed E-state index contributed by atoms with van der Waals surface area (Å²) in [6, 6.07) is 1.65. The molecule has 5 nitrogen and oxygen atoms in total. The van der Waals surface area contributed by atoms with Crippen molar-refractivity contribution in [1.29, 1.82) is 0 Å². The summed E-state index contributed by atoms with van der Waals surface area (Å²) in [5, 5.41) is 10.3. The average Bonchev–Trinajstić information content (AvgIpc) is 2.45. The Balaban J connectivity index is 2.69. The van der Waals surface area contributed by atoms with Crippen molar-refractivity contribution >= 4 is 11.1 Å². The van der Waals surface area contributed by atoms with Gasteiger partial charge in [-0.2, -0.15) is 0 Å². The van der Waals surface area contributed by atoms with Gasteiger partial charge in [-0.25, -0.2) is 9.78 Å². The van der Waals surface area contributed by atoms with E-state index in [1.165, 1.54) is 6.20 Å². The number of H-pyrrole nitrogens is 1. The van der Waals surface area contributed by atoms with Crippen molar-refractivity contribution in [3.8, 4) is 0 Å². The highest BCUT2D eigenvalue weighted by Gasteiger charge is 2.21. The maximum absolute atomic E-state index is 10.9. The summed E-state index contributed by atoms with van der Waals surface area (Å²) in [6.45, 7) is 3.21. The highest BCUT2D eigenvalue weighted by Crippen LogP contribution is 2.25. The lowest BCUT2D eigenvalue weighted by Gasteiger charge is -2.12. The standard InChI is InChI=1S/C9H10N2O3/c1-9(2,13)6-3-5-4-10-8(12)11-7(5)14-6/h3-4,13H,1-2H3,(H,10,11,12). The average molecular weight is 194 g/mol. The van der Waals surface area contributed by atoms with Crippen LogP contribution in [0.25, 0.3) is 11.1 Å². The Kier molecular flexibility index (Phi) is 1.72. The molecule has 0 aliphatic heterocycles. The molecule has 0 unspecified atom stereocenters. The number of aromatic nitrogens is 2. The molecule has 0 atom stereocenters. The zero-order valence-electron chi connectivity index (χ0n) is 7.87. The molecule has 2 rings (SSSR count). The van der Waals surface area contributed by atoms with Gasteiger partial charge in [0.2, 0.25) is 5.71 Å². The molecule has 0 aromatic carbocycles. The predicted octanol–water partition coefficient (Wildman–Crippen LogP) is 0.744. The van der Waals surface area contributed by atoms with E-state index in [1.807, 2.05) is 0 Å². The second-order valence-electron chi connectivity index (χ2n) is 3.64. The fourth-order valence-corrected chi connectivity index (χ4v) is 1.16. The molecule has 0 bridgehead atoms. The van der Waals surface area contributed by atoms with Crippen LogP contribution >= 0.6 is 0 Å². The Morgan fingerprint density at radius 1 is 1.57 bits per heavy atom. The second-order valence-corrected chi connectivity index (χ2v) is 3.64. The van der Waals surface area contributed by atoms with Crippen LogP contribution < -0.4 is 5.69 Å². The van der Waals surface area contributed by atoms with Crippen LogP contribution in [0.3, 0.4) is 0 Å². The van der Waals surface area contributed by atoms with Crippen LogP contribution in [0.4, 0.5) is 0 Å². The Labute approximate surface area is 79.4 Å². The van der Waals surface area contributed by atoms with Crippen LogP contribution in [0.15, 0.2) is 21.5 Å². The third-order valence-corrected chi connectivity index (χ3v) is 1.91. The van der Waals surface area contributed by atoms with Crippen LogP contribution in [0, 0.1) is 0 Å². The molecule has 14 heavy (non-hydrogen) atoms. The molecule has 2 aromatic rings. The van der Waals surface area contributed by atoms with Gasteiger partial charge in [0.1, 0.15) is 11.4 Å². The number of aliphatic hydroxyl groups is 1. The number of rotatable bonds is 1. The van der Waals surface area contributed by atoms with E-state index >= 15 is 0 Å². The van der Waals surface area contributed by atoms with Gasteiger partial charge in [-0.3, -0.25) is 4.98 Å². The third-order valence-electron chi connectivity index (χ3n) is 1.91. The van der Waals surface area contributed by atoms with Gasteiger partial charge in [0.25, 0.3) is 0 Å². The molecule has 0 fully saturated rings. The smallest absolute Gasteiger partial charge is 0.347 e. The lowest BCUT2D eigenvalue weighted by atomic mass is 10.1. The number of hydrogen-bond acceptors (Lipinski definition) is 4. The zero-order valence-corrected chi connectivity index (χ0v) is 7.87. The number of hydrogen-bond donors (Lipinski definition) is 2. The minimum Gasteiger partial charge on any atom is -0.441 e. The van der Waals surface area contributed by atoms with E-state index in [1.54, 1.807) is 19.9 Å². The SMILES string of the molecule is CC(C)(O)c1cc2cnc(=O)[nH]c2o1. The van der Waals surface area contributed by atoms with Gasteiger partial charge in [-0.1, -0.05) is 0 Å². The van der Waals surface area contributed by atoms with E-state index in [-0.39, 0.29) is 0 Å². The molecule has 2 heterocycles. The predicted molar refractivity (Wildman–Crippen MR) is 49.9 cm³/mol. The largest absolute Gasteiger partial charge is 0.441 e. The molecule has 2 N–H and O–H groups in total. The van der Waals surface area contributed by atoms with E-state index < -0.39 is 11.3 Å². The summed E-state index contributed by atoms with van der Waals surface area (Å²) in [4.78, 5) is 16.8. The van der Waals surface area contributed by atoms with Crippen molar-refractivity contribution in [2.45, 2.75) is 19.4 Å². The van der Waals surface area contributed by atoms with Gasteiger partial charge in [-0.15, -0.1) is 0 Å². The molecule has 0 aliphatic carbocycles. The summed E-state index contributed by atoms with van der Waals surface area (Å²) in [6.07, 6.45) is 1.41. The maximum Gasteiger partial charge on any atom is 0.347 e. The number of nitrogens with zero attached hydrogens (tertiary/aromatic N) is 1. The van der Waals surface area contributed by atoms with Gasteiger partial charge in [0.15, 0.2) is 0 Å². The Morgan fingerprint density at radius 2 is 2.29 bits per heavy atom. The number of fused-ring (bicyclic) bond motifs is 1. The molecule has 0 saturated carbocycles. The van der Waals surface area contributed by atoms with E-state index in [2.05, 4.69) is 9.97 Å². The van der Waals surface area contributed by atoms with Gasteiger partial charge in [0.05, 0.1) is 5.39 Å². The molecule has 0 amide bonds. The maximum atomic E-state index is 10.9. The van der Waals surface area contributed by atoms with Gasteiger partial charge in [0, 0.05) is 6.20 Å². The van der Waals surface area contributed by atoms with E-state index in [0.29, 0.717) is 16.9 Å². The van der Waals surface area contributed by atoms with Gasteiger partial charge >= 0.3 is 5.69 Å². The van der Waals surface area contributed by atoms with E-state index in [4.69, 9.17) is 4.42 Å². The summed E-state index contributed by atoms with van der Waals surface area (Å²) < 4.78 is 5.27. The van der Waals surface area contributed by atoms with Gasteiger partial charge in [-0.05, 0) is 19.9 Å². The first-order valence-electron chi connectivity index (χ1n) is 4.18. The Bertz CT molecular complexity index is 519. The lowest BCUT2D eigenvalue weighted by molar-refractivity contribution is 0.0556. The van der Waals surface area contributed by atoms with E-state index in [0.717, 1.165) is 0 Å². The molecule has 74 valence electrons. The fraction of sp³-hybridized carbons (Fsp3) is 0.333. The van der Waals surface area contributed by atoms with Crippen molar-refractivity contribution in [3.05, 3.63) is 28.5 Å². The highest BCUT2D eigenvalue weighted by molar-refractivity contribution is 5.72. The van der Waals surface area contributed by atoms with Crippen LogP contribution in [0.1, 0.15) is 19.6 Å². The minimum atomic E-state index is -1.06. The normalized spacial score (nSPS) is 12.2. The molecule has 0 saturated heterocycles. The first-order chi connectivity index (χ1) is 6.47. The van der Waals surface area contributed by atoms with Gasteiger partial charge < -0.3 is 9.52 Å². The lowest BCUT2D eigenvalue weighted by Crippen LogP contribution is -2.13. The van der Waals surface area contributed by atoms with Crippen molar-refractivity contribution in [1.82, 2.24) is 9.97 Å². The van der Waals surface area contributed by atoms with Crippen LogP contribution in [-0.2, 0) is 5.60 Å². The molecular weight excluding hydrogens is 184 g/mol. The number of furan rings is 1. The molecular formula is C9H10N2O3. The first kappa shape index (κ1) is 8.96. The molecule has 2 aromatic heterocycles. The van der Waals surface area contributed by atoms with Crippen LogP contribution in [0.5, 0.6) is 0 Å². The van der Waals surface area contributed by atoms with Crippen molar-refractivity contribution in [2.75, 3.05) is 0 Å². The number of aromatic amines is 1. The van der Waals surface area contributed by atoms with Crippen molar-refractivity contribution < 1.29 is 9.52 Å². The van der Waals surface area contributed by atoms with Crippen LogP contribution in [0.2, 0.25) is 0 Å². The molecule has 0 radical (unpaired) electrons. The molecule has 0 aliphatic rings. The zero-order chi connectivity index (χ0) is 10.3. The monoisotopic (exact) mass is 194 g/mol. The fourth-order valence-electron chi connectivity index (χ4n) is 1.16. The van der Waals surface area contributed by atoms with Crippen molar-refractivity contribution in [3.63, 3.8) is 0 Å². The second kappa shape index (κ2) is 2.68. The third kappa shape index (κ3) is 1.42. The van der Waals surface area contributed by atoms with Crippen LogP contribution in [-0.4, -0.2) is 15.1 Å². The first-order valence-corrected chi connectivity index (χ1v) is 4.18. The Hall–Kier alpha value is -1.62. The minimum absolute atomic E-state index is 0.335. The summed E-state index contributed by atoms with van der Waals surface area (Å²) in [5.41, 5.74) is -1.19. The number of nitrogens with one attached hydrogen (secondary N) is 1. The molecule has 5 heteroatoms. The molecule has 0 spiro atoms. The summed E-state index contributed by atoms with van der Waals surface area (Å²) in [7, 11) is 0.